The predicted octanol–water partition coefficient (Wildman–Crippen LogP) is 2.78. The molecule has 2 aliphatic rings. The summed E-state index contributed by atoms with van der Waals surface area (Å²) in [5, 5.41) is 0. The lowest BCUT2D eigenvalue weighted by atomic mass is 9.84. The first-order chi connectivity index (χ1) is 11.5. The van der Waals surface area contributed by atoms with Gasteiger partial charge in [-0.1, -0.05) is 26.8 Å². The van der Waals surface area contributed by atoms with Crippen LogP contribution in [-0.2, 0) is 5.41 Å². The first-order valence-electron chi connectivity index (χ1n) is 8.91. The summed E-state index contributed by atoms with van der Waals surface area (Å²) in [5.41, 5.74) is 7.30. The van der Waals surface area contributed by atoms with E-state index < -0.39 is 0 Å². The molecule has 1 aromatic carbocycles. The van der Waals surface area contributed by atoms with Gasteiger partial charge in [0.25, 0.3) is 0 Å². The zero-order chi connectivity index (χ0) is 17.2. The summed E-state index contributed by atoms with van der Waals surface area (Å²) in [6, 6.07) is 6.16. The largest absolute Gasteiger partial charge is 0.486 e. The number of likely N-dealkylation sites (tertiary alicyclic amines) is 1. The molecule has 5 heteroatoms. The number of ether oxygens (including phenoxy) is 2. The van der Waals surface area contributed by atoms with Crippen molar-refractivity contribution in [3.63, 3.8) is 0 Å². The second-order valence-electron chi connectivity index (χ2n) is 7.59. The maximum absolute atomic E-state index is 6.22. The van der Waals surface area contributed by atoms with Crippen LogP contribution in [0.5, 0.6) is 11.5 Å². The van der Waals surface area contributed by atoms with Crippen LogP contribution in [0.25, 0.3) is 0 Å². The minimum absolute atomic E-state index is 0.108. The van der Waals surface area contributed by atoms with Gasteiger partial charge in [-0.15, -0.1) is 0 Å². The summed E-state index contributed by atoms with van der Waals surface area (Å²) in [7, 11) is 0. The summed E-state index contributed by atoms with van der Waals surface area (Å²) in [5.74, 6) is 3.12. The number of rotatable bonds is 3. The Labute approximate surface area is 144 Å². The number of nitrogens with zero attached hydrogens (tertiary/aromatic N) is 2. The van der Waals surface area contributed by atoms with Crippen LogP contribution in [0.4, 0.5) is 0 Å². The summed E-state index contributed by atoms with van der Waals surface area (Å²) >= 11 is 0. The van der Waals surface area contributed by atoms with Crippen molar-refractivity contribution in [3.05, 3.63) is 23.8 Å². The van der Waals surface area contributed by atoms with Crippen molar-refractivity contribution in [1.82, 2.24) is 4.90 Å². The molecule has 3 rings (SSSR count). The highest BCUT2D eigenvalue weighted by molar-refractivity contribution is 5.78. The minimum Gasteiger partial charge on any atom is -0.486 e. The van der Waals surface area contributed by atoms with E-state index in [4.69, 9.17) is 15.2 Å². The third-order valence-electron chi connectivity index (χ3n) is 5.07. The number of guanidine groups is 1. The standard InChI is InChI=1S/C19H29N3O2/c1-14-6-8-22(9-7-14)18(20)21-13-19(2,3)15-4-5-16-17(12-15)24-11-10-23-16/h4-5,12,14H,6-11,13H2,1-3H3,(H2,20,21). The SMILES string of the molecule is CC1CCN(C(N)=NCC(C)(C)c2ccc3c(c2)OCCO3)CC1. The van der Waals surface area contributed by atoms with Crippen molar-refractivity contribution in [2.75, 3.05) is 32.8 Å². The Morgan fingerprint density at radius 3 is 2.58 bits per heavy atom. The molecule has 1 aromatic rings. The number of piperidine rings is 1. The van der Waals surface area contributed by atoms with E-state index in [-0.39, 0.29) is 5.41 Å². The molecule has 0 spiro atoms. The highest BCUT2D eigenvalue weighted by atomic mass is 16.6. The summed E-state index contributed by atoms with van der Waals surface area (Å²) in [6.07, 6.45) is 2.39. The smallest absolute Gasteiger partial charge is 0.191 e. The predicted molar refractivity (Wildman–Crippen MR) is 96.9 cm³/mol. The molecule has 0 aliphatic carbocycles. The lowest BCUT2D eigenvalue weighted by Gasteiger charge is -2.32. The van der Waals surface area contributed by atoms with Crippen LogP contribution in [-0.4, -0.2) is 43.7 Å². The number of fused-ring (bicyclic) bond motifs is 1. The molecule has 5 nitrogen and oxygen atoms in total. The van der Waals surface area contributed by atoms with E-state index in [9.17, 15) is 0 Å². The van der Waals surface area contributed by atoms with Crippen LogP contribution >= 0.6 is 0 Å². The van der Waals surface area contributed by atoms with E-state index in [0.29, 0.717) is 25.7 Å². The Bertz CT molecular complexity index is 605. The monoisotopic (exact) mass is 331 g/mol. The maximum atomic E-state index is 6.22. The molecule has 2 N–H and O–H groups in total. The molecule has 0 aromatic heterocycles. The molecule has 1 fully saturated rings. The van der Waals surface area contributed by atoms with Gasteiger partial charge in [-0.2, -0.15) is 0 Å². The summed E-state index contributed by atoms with van der Waals surface area (Å²) < 4.78 is 11.3. The Hall–Kier alpha value is -1.91. The highest BCUT2D eigenvalue weighted by Crippen LogP contribution is 2.35. The molecule has 2 aliphatic heterocycles. The normalized spacial score (nSPS) is 19.5. The molecule has 0 amide bonds. The van der Waals surface area contributed by atoms with Crippen LogP contribution in [0.3, 0.4) is 0 Å². The molecule has 132 valence electrons. The van der Waals surface area contributed by atoms with Crippen LogP contribution in [0.1, 0.15) is 39.2 Å². The fourth-order valence-corrected chi connectivity index (χ4v) is 3.17. The quantitative estimate of drug-likeness (QED) is 0.683. The molecule has 0 atom stereocenters. The molecule has 0 saturated carbocycles. The molecule has 0 unspecified atom stereocenters. The van der Waals surface area contributed by atoms with Gasteiger partial charge < -0.3 is 20.1 Å². The van der Waals surface area contributed by atoms with Gasteiger partial charge in [0, 0.05) is 18.5 Å². The van der Waals surface area contributed by atoms with E-state index in [1.54, 1.807) is 0 Å². The van der Waals surface area contributed by atoms with Gasteiger partial charge in [-0.3, -0.25) is 4.99 Å². The van der Waals surface area contributed by atoms with Gasteiger partial charge in [0.1, 0.15) is 13.2 Å². The number of hydrogen-bond acceptors (Lipinski definition) is 3. The van der Waals surface area contributed by atoms with Crippen molar-refractivity contribution in [3.8, 4) is 11.5 Å². The Morgan fingerprint density at radius 1 is 1.21 bits per heavy atom. The number of nitrogens with two attached hydrogens (primary N) is 1. The zero-order valence-electron chi connectivity index (χ0n) is 15.0. The number of hydrogen-bond donors (Lipinski definition) is 1. The van der Waals surface area contributed by atoms with Gasteiger partial charge in [0.05, 0.1) is 6.54 Å². The van der Waals surface area contributed by atoms with Crippen molar-refractivity contribution >= 4 is 5.96 Å². The van der Waals surface area contributed by atoms with Crippen LogP contribution in [0.2, 0.25) is 0 Å². The third-order valence-corrected chi connectivity index (χ3v) is 5.07. The van der Waals surface area contributed by atoms with E-state index in [0.717, 1.165) is 30.5 Å². The second kappa shape index (κ2) is 6.91. The van der Waals surface area contributed by atoms with Gasteiger partial charge in [-0.05, 0) is 36.5 Å². The summed E-state index contributed by atoms with van der Waals surface area (Å²) in [4.78, 5) is 6.89. The van der Waals surface area contributed by atoms with Crippen LogP contribution in [0, 0.1) is 5.92 Å². The maximum Gasteiger partial charge on any atom is 0.191 e. The first-order valence-corrected chi connectivity index (χ1v) is 8.91. The van der Waals surface area contributed by atoms with E-state index >= 15 is 0 Å². The fraction of sp³-hybridized carbons (Fsp3) is 0.632. The Balaban J connectivity index is 1.68. The van der Waals surface area contributed by atoms with Crippen molar-refractivity contribution in [2.24, 2.45) is 16.6 Å². The average Bonchev–Trinajstić information content (AvgIpc) is 2.60. The Morgan fingerprint density at radius 2 is 1.88 bits per heavy atom. The number of benzene rings is 1. The fourth-order valence-electron chi connectivity index (χ4n) is 3.17. The van der Waals surface area contributed by atoms with Gasteiger partial charge >= 0.3 is 0 Å². The van der Waals surface area contributed by atoms with Crippen LogP contribution in [0.15, 0.2) is 23.2 Å². The van der Waals surface area contributed by atoms with E-state index in [1.807, 2.05) is 6.07 Å². The average molecular weight is 331 g/mol. The van der Waals surface area contributed by atoms with E-state index in [2.05, 4.69) is 42.8 Å². The van der Waals surface area contributed by atoms with Gasteiger partial charge in [0.15, 0.2) is 17.5 Å². The highest BCUT2D eigenvalue weighted by Gasteiger charge is 2.24. The molecule has 0 radical (unpaired) electrons. The zero-order valence-corrected chi connectivity index (χ0v) is 15.0. The lowest BCUT2D eigenvalue weighted by molar-refractivity contribution is 0.171. The van der Waals surface area contributed by atoms with Gasteiger partial charge in [0.2, 0.25) is 0 Å². The molecule has 0 bridgehead atoms. The molecule has 2 heterocycles. The third kappa shape index (κ3) is 3.77. The molecular formula is C19H29N3O2. The van der Waals surface area contributed by atoms with Crippen molar-refractivity contribution in [1.29, 1.82) is 0 Å². The molecule has 24 heavy (non-hydrogen) atoms. The number of aliphatic imine (C=N–C) groups is 1. The topological polar surface area (TPSA) is 60.1 Å². The Kier molecular flexibility index (Phi) is 4.88. The van der Waals surface area contributed by atoms with Crippen LogP contribution < -0.4 is 15.2 Å². The molecule has 1 saturated heterocycles. The van der Waals surface area contributed by atoms with Crippen molar-refractivity contribution in [2.45, 2.75) is 39.0 Å². The first kappa shape index (κ1) is 16.9. The van der Waals surface area contributed by atoms with Gasteiger partial charge in [-0.25, -0.2) is 0 Å². The minimum atomic E-state index is -0.108. The second-order valence-corrected chi connectivity index (χ2v) is 7.59. The molecular weight excluding hydrogens is 302 g/mol. The lowest BCUT2D eigenvalue weighted by Crippen LogP contribution is -2.43. The van der Waals surface area contributed by atoms with E-state index in [1.165, 1.54) is 18.4 Å². The summed E-state index contributed by atoms with van der Waals surface area (Å²) in [6.45, 7) is 10.6. The van der Waals surface area contributed by atoms with Crippen molar-refractivity contribution < 1.29 is 9.47 Å².